The van der Waals surface area contributed by atoms with Crippen molar-refractivity contribution in [2.75, 3.05) is 0 Å². The Morgan fingerprint density at radius 2 is 1.63 bits per heavy atom. The van der Waals surface area contributed by atoms with Gasteiger partial charge in [0.25, 0.3) is 0 Å². The molecular weight excluding hydrogens is 249 g/mol. The van der Waals surface area contributed by atoms with E-state index in [0.29, 0.717) is 6.42 Å². The molecule has 3 heteroatoms. The molecule has 1 aromatic carbocycles. The summed E-state index contributed by atoms with van der Waals surface area (Å²) < 4.78 is 38.9. The first-order valence-corrected chi connectivity index (χ1v) is 6.88. The number of halogens is 3. The third-order valence-electron chi connectivity index (χ3n) is 3.05. The van der Waals surface area contributed by atoms with E-state index in [1.165, 1.54) is 18.2 Å². The summed E-state index contributed by atoms with van der Waals surface area (Å²) in [7, 11) is 0. The third kappa shape index (κ3) is 5.95. The zero-order valence-electron chi connectivity index (χ0n) is 11.3. The number of unbranched alkanes of at least 4 members (excludes halogenated alkanes) is 5. The van der Waals surface area contributed by atoms with Crippen molar-refractivity contribution < 1.29 is 13.2 Å². The zero-order valence-corrected chi connectivity index (χ0v) is 11.3. The highest BCUT2D eigenvalue weighted by atomic mass is 19.4. The minimum atomic E-state index is -4.27. The molecule has 19 heavy (non-hydrogen) atoms. The van der Waals surface area contributed by atoms with Crippen LogP contribution in [0.2, 0.25) is 0 Å². The SMILES string of the molecule is CCCCCCC/C=C(\c1ccccc1)C(F)(F)F. The highest BCUT2D eigenvalue weighted by Crippen LogP contribution is 2.34. The molecule has 0 aliphatic heterocycles. The van der Waals surface area contributed by atoms with Gasteiger partial charge in [-0.2, -0.15) is 13.2 Å². The molecule has 0 unspecified atom stereocenters. The lowest BCUT2D eigenvalue weighted by atomic mass is 10.0. The summed E-state index contributed by atoms with van der Waals surface area (Å²) in [5.74, 6) is 0. The van der Waals surface area contributed by atoms with E-state index in [0.717, 1.165) is 32.1 Å². The van der Waals surface area contributed by atoms with Gasteiger partial charge in [0.2, 0.25) is 0 Å². The molecule has 0 bridgehead atoms. The lowest BCUT2D eigenvalue weighted by Crippen LogP contribution is -2.10. The monoisotopic (exact) mass is 270 g/mol. The molecule has 0 nitrogen and oxygen atoms in total. The highest BCUT2D eigenvalue weighted by molar-refractivity contribution is 5.69. The molecule has 0 atom stereocenters. The summed E-state index contributed by atoms with van der Waals surface area (Å²) >= 11 is 0. The zero-order chi connectivity index (χ0) is 14.1. The highest BCUT2D eigenvalue weighted by Gasteiger charge is 2.33. The Morgan fingerprint density at radius 1 is 1.00 bits per heavy atom. The Hall–Kier alpha value is -1.25. The third-order valence-corrected chi connectivity index (χ3v) is 3.05. The molecule has 0 radical (unpaired) electrons. The van der Waals surface area contributed by atoms with E-state index in [9.17, 15) is 13.2 Å². The molecule has 0 N–H and O–H groups in total. The molecule has 0 fully saturated rings. The molecule has 0 spiro atoms. The van der Waals surface area contributed by atoms with Gasteiger partial charge in [0.05, 0.1) is 5.57 Å². The van der Waals surface area contributed by atoms with Gasteiger partial charge in [-0.1, -0.05) is 69.0 Å². The Morgan fingerprint density at radius 3 is 2.21 bits per heavy atom. The largest absolute Gasteiger partial charge is 0.416 e. The van der Waals surface area contributed by atoms with Gasteiger partial charge in [0, 0.05) is 0 Å². The lowest BCUT2D eigenvalue weighted by Gasteiger charge is -2.12. The van der Waals surface area contributed by atoms with Gasteiger partial charge >= 0.3 is 6.18 Å². The lowest BCUT2D eigenvalue weighted by molar-refractivity contribution is -0.0690. The van der Waals surface area contributed by atoms with Crippen molar-refractivity contribution in [3.63, 3.8) is 0 Å². The van der Waals surface area contributed by atoms with Crippen LogP contribution in [0.1, 0.15) is 51.0 Å². The molecule has 0 saturated carbocycles. The number of rotatable bonds is 7. The maximum atomic E-state index is 13.0. The first-order chi connectivity index (χ1) is 9.05. The van der Waals surface area contributed by atoms with Crippen LogP contribution in [0.15, 0.2) is 36.4 Å². The summed E-state index contributed by atoms with van der Waals surface area (Å²) in [4.78, 5) is 0. The van der Waals surface area contributed by atoms with Gasteiger partial charge in [-0.15, -0.1) is 0 Å². The molecule has 0 aliphatic carbocycles. The van der Waals surface area contributed by atoms with Crippen LogP contribution in [0.25, 0.3) is 5.57 Å². The van der Waals surface area contributed by atoms with Crippen molar-refractivity contribution in [3.05, 3.63) is 42.0 Å². The quantitative estimate of drug-likeness (QED) is 0.533. The maximum absolute atomic E-state index is 13.0. The first-order valence-electron chi connectivity index (χ1n) is 6.88. The standard InChI is InChI=1S/C16H21F3/c1-2-3-4-5-6-10-13-15(16(17,18)19)14-11-8-7-9-12-14/h7-9,11-13H,2-6,10H2,1H3/b15-13+. The van der Waals surface area contributed by atoms with Crippen LogP contribution in [-0.2, 0) is 0 Å². The first kappa shape index (κ1) is 15.8. The molecule has 0 amide bonds. The molecule has 1 rings (SSSR count). The van der Waals surface area contributed by atoms with Crippen LogP contribution in [0.4, 0.5) is 13.2 Å². The fourth-order valence-electron chi connectivity index (χ4n) is 2.01. The normalized spacial score (nSPS) is 12.7. The average Bonchev–Trinajstić information content (AvgIpc) is 2.37. The summed E-state index contributed by atoms with van der Waals surface area (Å²) in [6.45, 7) is 2.12. The maximum Gasteiger partial charge on any atom is 0.416 e. The summed E-state index contributed by atoms with van der Waals surface area (Å²) in [5, 5.41) is 0. The van der Waals surface area contributed by atoms with Gasteiger partial charge in [0.15, 0.2) is 0 Å². The van der Waals surface area contributed by atoms with Crippen LogP contribution in [0.3, 0.4) is 0 Å². The molecule has 0 aromatic heterocycles. The number of benzene rings is 1. The van der Waals surface area contributed by atoms with Crippen LogP contribution in [0, 0.1) is 0 Å². The van der Waals surface area contributed by atoms with Crippen molar-refractivity contribution >= 4 is 5.57 Å². The summed E-state index contributed by atoms with van der Waals surface area (Å²) in [6.07, 6.45) is 2.80. The average molecular weight is 270 g/mol. The second-order valence-electron chi connectivity index (χ2n) is 4.68. The Bertz CT molecular complexity index is 377. The molecule has 0 heterocycles. The van der Waals surface area contributed by atoms with E-state index >= 15 is 0 Å². The number of alkyl halides is 3. The predicted molar refractivity (Wildman–Crippen MR) is 73.9 cm³/mol. The van der Waals surface area contributed by atoms with E-state index in [-0.39, 0.29) is 5.56 Å². The smallest absolute Gasteiger partial charge is 0.166 e. The van der Waals surface area contributed by atoms with Gasteiger partial charge in [-0.05, 0) is 18.4 Å². The van der Waals surface area contributed by atoms with Crippen molar-refractivity contribution in [1.29, 1.82) is 0 Å². The minimum Gasteiger partial charge on any atom is -0.166 e. The van der Waals surface area contributed by atoms with E-state index in [1.54, 1.807) is 18.2 Å². The van der Waals surface area contributed by atoms with Gasteiger partial charge in [0.1, 0.15) is 0 Å². The minimum absolute atomic E-state index is 0.253. The predicted octanol–water partition coefficient (Wildman–Crippen LogP) is 5.99. The fourth-order valence-corrected chi connectivity index (χ4v) is 2.01. The number of hydrogen-bond donors (Lipinski definition) is 0. The molecular formula is C16H21F3. The Balaban J connectivity index is 2.61. The number of hydrogen-bond acceptors (Lipinski definition) is 0. The van der Waals surface area contributed by atoms with Gasteiger partial charge in [-0.25, -0.2) is 0 Å². The van der Waals surface area contributed by atoms with Crippen molar-refractivity contribution in [1.82, 2.24) is 0 Å². The van der Waals surface area contributed by atoms with E-state index in [2.05, 4.69) is 6.92 Å². The van der Waals surface area contributed by atoms with Gasteiger partial charge in [-0.3, -0.25) is 0 Å². The van der Waals surface area contributed by atoms with Crippen LogP contribution in [0.5, 0.6) is 0 Å². The van der Waals surface area contributed by atoms with E-state index in [4.69, 9.17) is 0 Å². The van der Waals surface area contributed by atoms with Gasteiger partial charge < -0.3 is 0 Å². The Labute approximate surface area is 113 Å². The van der Waals surface area contributed by atoms with E-state index < -0.39 is 11.7 Å². The van der Waals surface area contributed by atoms with Crippen molar-refractivity contribution in [2.45, 2.75) is 51.6 Å². The fraction of sp³-hybridized carbons (Fsp3) is 0.500. The topological polar surface area (TPSA) is 0 Å². The molecule has 106 valence electrons. The van der Waals surface area contributed by atoms with Crippen molar-refractivity contribution in [2.24, 2.45) is 0 Å². The summed E-state index contributed by atoms with van der Waals surface area (Å²) in [5.41, 5.74) is -0.257. The molecule has 0 saturated heterocycles. The summed E-state index contributed by atoms with van der Waals surface area (Å²) in [6, 6.07) is 8.02. The molecule has 0 aliphatic rings. The van der Waals surface area contributed by atoms with Crippen LogP contribution >= 0.6 is 0 Å². The molecule has 1 aromatic rings. The van der Waals surface area contributed by atoms with Crippen molar-refractivity contribution in [3.8, 4) is 0 Å². The van der Waals surface area contributed by atoms with E-state index in [1.807, 2.05) is 0 Å². The van der Waals surface area contributed by atoms with Crippen LogP contribution < -0.4 is 0 Å². The van der Waals surface area contributed by atoms with Crippen LogP contribution in [-0.4, -0.2) is 6.18 Å². The second-order valence-corrected chi connectivity index (χ2v) is 4.68. The second kappa shape index (κ2) is 8.03. The number of allylic oxidation sites excluding steroid dienone is 2. The Kier molecular flexibility index (Phi) is 6.68.